The van der Waals surface area contributed by atoms with Gasteiger partial charge in [-0.3, -0.25) is 9.59 Å². The van der Waals surface area contributed by atoms with Crippen molar-refractivity contribution in [2.45, 2.75) is 19.0 Å². The normalized spacial score (nSPS) is 17.3. The lowest BCUT2D eigenvalue weighted by atomic mass is 9.96. The first-order chi connectivity index (χ1) is 13.3. The predicted octanol–water partition coefficient (Wildman–Crippen LogP) is 4.34. The van der Waals surface area contributed by atoms with Crippen molar-refractivity contribution >= 4 is 17.5 Å². The number of para-hydroxylation sites is 1. The molecule has 0 aromatic heterocycles. The van der Waals surface area contributed by atoms with E-state index in [-0.39, 0.29) is 18.1 Å². The van der Waals surface area contributed by atoms with E-state index in [1.165, 1.54) is 47.4 Å². The molecule has 3 rings (SSSR count). The van der Waals surface area contributed by atoms with Crippen molar-refractivity contribution in [3.8, 4) is 0 Å². The van der Waals surface area contributed by atoms with E-state index >= 15 is 0 Å². The molecule has 0 saturated carbocycles. The fourth-order valence-electron chi connectivity index (χ4n) is 3.22. The molecule has 1 fully saturated rings. The van der Waals surface area contributed by atoms with Crippen LogP contribution in [0.3, 0.4) is 0 Å². The van der Waals surface area contributed by atoms with Crippen LogP contribution >= 0.6 is 0 Å². The Kier molecular flexibility index (Phi) is 5.67. The molecule has 1 heterocycles. The molecule has 1 N–H and O–H groups in total. The highest BCUT2D eigenvalue weighted by Gasteiger charge is 2.35. The van der Waals surface area contributed by atoms with E-state index in [0.717, 1.165) is 6.07 Å². The molecule has 28 heavy (non-hydrogen) atoms. The van der Waals surface area contributed by atoms with E-state index in [4.69, 9.17) is 0 Å². The van der Waals surface area contributed by atoms with Gasteiger partial charge in [0.05, 0.1) is 17.2 Å². The molecule has 8 heteroatoms. The number of nitrogens with one attached hydrogen (secondary N) is 1. The van der Waals surface area contributed by atoms with Crippen LogP contribution in [0, 0.1) is 11.7 Å². The van der Waals surface area contributed by atoms with Crippen molar-refractivity contribution in [1.29, 1.82) is 0 Å². The van der Waals surface area contributed by atoms with Crippen LogP contribution in [0.5, 0.6) is 0 Å². The summed E-state index contributed by atoms with van der Waals surface area (Å²) in [4.78, 5) is 26.5. The molecule has 0 aliphatic carbocycles. The number of benzene rings is 2. The summed E-state index contributed by atoms with van der Waals surface area (Å²) in [6, 6.07) is 9.84. The van der Waals surface area contributed by atoms with Gasteiger partial charge in [-0.25, -0.2) is 4.39 Å². The van der Waals surface area contributed by atoms with Gasteiger partial charge in [0.2, 0.25) is 5.91 Å². The Bertz CT molecular complexity index is 865. The molecule has 1 atom stereocenters. The van der Waals surface area contributed by atoms with Crippen LogP contribution in [0.15, 0.2) is 48.5 Å². The van der Waals surface area contributed by atoms with Gasteiger partial charge >= 0.3 is 6.18 Å². The zero-order valence-corrected chi connectivity index (χ0v) is 14.8. The molecule has 1 aliphatic rings. The second-order valence-electron chi connectivity index (χ2n) is 6.63. The summed E-state index contributed by atoms with van der Waals surface area (Å²) in [5.41, 5.74) is -0.926. The van der Waals surface area contributed by atoms with Crippen molar-refractivity contribution in [2.24, 2.45) is 5.92 Å². The zero-order chi connectivity index (χ0) is 20.3. The minimum Gasteiger partial charge on any atom is -0.338 e. The Balaban J connectivity index is 1.70. The maximum Gasteiger partial charge on any atom is 0.418 e. The van der Waals surface area contributed by atoms with E-state index in [2.05, 4.69) is 5.32 Å². The number of likely N-dealkylation sites (tertiary alicyclic amines) is 1. The lowest BCUT2D eigenvalue weighted by Gasteiger charge is -2.32. The Morgan fingerprint density at radius 2 is 1.71 bits per heavy atom. The molecular formula is C20H18F4N2O2. The van der Waals surface area contributed by atoms with Crippen molar-refractivity contribution in [3.63, 3.8) is 0 Å². The minimum absolute atomic E-state index is 0.0935. The topological polar surface area (TPSA) is 49.4 Å². The van der Waals surface area contributed by atoms with Crippen molar-refractivity contribution in [2.75, 3.05) is 18.4 Å². The third kappa shape index (κ3) is 4.49. The van der Waals surface area contributed by atoms with E-state index in [1.807, 2.05) is 0 Å². The number of piperidine rings is 1. The third-order valence-corrected chi connectivity index (χ3v) is 4.66. The van der Waals surface area contributed by atoms with Gasteiger partial charge in [-0.15, -0.1) is 0 Å². The Morgan fingerprint density at radius 1 is 1.04 bits per heavy atom. The zero-order valence-electron chi connectivity index (χ0n) is 14.8. The van der Waals surface area contributed by atoms with Gasteiger partial charge < -0.3 is 10.2 Å². The number of nitrogens with zero attached hydrogens (tertiary/aromatic N) is 1. The number of halogens is 4. The first-order valence-corrected chi connectivity index (χ1v) is 8.77. The number of amides is 2. The number of rotatable bonds is 3. The number of alkyl halides is 3. The van der Waals surface area contributed by atoms with Gasteiger partial charge in [-0.1, -0.05) is 12.1 Å². The summed E-state index contributed by atoms with van der Waals surface area (Å²) < 4.78 is 52.3. The van der Waals surface area contributed by atoms with E-state index < -0.39 is 29.4 Å². The van der Waals surface area contributed by atoms with Crippen LogP contribution in [0.25, 0.3) is 0 Å². The molecule has 0 spiro atoms. The van der Waals surface area contributed by atoms with Crippen LogP contribution in [-0.4, -0.2) is 29.8 Å². The maximum atomic E-state index is 13.1. The summed E-state index contributed by atoms with van der Waals surface area (Å²) in [6.45, 7) is 0.523. The number of carbonyl (C=O) groups is 2. The second kappa shape index (κ2) is 8.00. The van der Waals surface area contributed by atoms with Crippen LogP contribution < -0.4 is 5.32 Å². The number of hydrogen-bond acceptors (Lipinski definition) is 2. The largest absolute Gasteiger partial charge is 0.418 e. The van der Waals surface area contributed by atoms with Crippen molar-refractivity contribution < 1.29 is 27.2 Å². The van der Waals surface area contributed by atoms with Gasteiger partial charge in [0.25, 0.3) is 5.91 Å². The summed E-state index contributed by atoms with van der Waals surface area (Å²) in [7, 11) is 0. The lowest BCUT2D eigenvalue weighted by Crippen LogP contribution is -2.43. The van der Waals surface area contributed by atoms with E-state index in [9.17, 15) is 27.2 Å². The van der Waals surface area contributed by atoms with Crippen LogP contribution in [0.2, 0.25) is 0 Å². The molecule has 4 nitrogen and oxygen atoms in total. The molecule has 148 valence electrons. The average Bonchev–Trinajstić information content (AvgIpc) is 2.68. The van der Waals surface area contributed by atoms with Crippen LogP contribution in [0.4, 0.5) is 23.2 Å². The molecular weight excluding hydrogens is 376 g/mol. The molecule has 1 saturated heterocycles. The van der Waals surface area contributed by atoms with E-state index in [1.54, 1.807) is 0 Å². The molecule has 2 amide bonds. The maximum absolute atomic E-state index is 13.1. The monoisotopic (exact) mass is 394 g/mol. The third-order valence-electron chi connectivity index (χ3n) is 4.66. The Morgan fingerprint density at radius 3 is 2.39 bits per heavy atom. The summed E-state index contributed by atoms with van der Waals surface area (Å²) in [5, 5.41) is 2.35. The van der Waals surface area contributed by atoms with Crippen LogP contribution in [0.1, 0.15) is 28.8 Å². The molecule has 2 aromatic rings. The second-order valence-corrected chi connectivity index (χ2v) is 6.63. The number of hydrogen-bond donors (Lipinski definition) is 1. The number of anilines is 1. The Hall–Kier alpha value is -2.90. The smallest absolute Gasteiger partial charge is 0.338 e. The fraction of sp³-hybridized carbons (Fsp3) is 0.300. The number of carbonyl (C=O) groups excluding carboxylic acids is 2. The molecule has 0 unspecified atom stereocenters. The summed E-state index contributed by atoms with van der Waals surface area (Å²) in [6.07, 6.45) is -3.57. The van der Waals surface area contributed by atoms with Gasteiger partial charge in [-0.2, -0.15) is 13.2 Å². The predicted molar refractivity (Wildman–Crippen MR) is 95.1 cm³/mol. The molecule has 1 aliphatic heterocycles. The quantitative estimate of drug-likeness (QED) is 0.788. The standard InChI is InChI=1S/C20H18F4N2O2/c21-15-9-7-13(8-10-15)19(28)26-11-3-4-14(12-26)18(27)25-17-6-2-1-5-16(17)20(22,23)24/h1-2,5-10,14H,3-4,11-12H2,(H,25,27)/t14-/m1/s1. The van der Waals surface area contributed by atoms with Crippen LogP contribution in [-0.2, 0) is 11.0 Å². The molecule has 2 aromatic carbocycles. The SMILES string of the molecule is O=C(Nc1ccccc1C(F)(F)F)[C@@H]1CCCN(C(=O)c2ccc(F)cc2)C1. The first-order valence-electron chi connectivity index (χ1n) is 8.77. The first kappa shape index (κ1) is 19.9. The summed E-state index contributed by atoms with van der Waals surface area (Å²) >= 11 is 0. The van der Waals surface area contributed by atoms with Crippen molar-refractivity contribution in [1.82, 2.24) is 4.90 Å². The van der Waals surface area contributed by atoms with Gasteiger partial charge in [0.15, 0.2) is 0 Å². The molecule has 0 bridgehead atoms. The van der Waals surface area contributed by atoms with E-state index in [0.29, 0.717) is 24.9 Å². The highest BCUT2D eigenvalue weighted by molar-refractivity contribution is 5.96. The average molecular weight is 394 g/mol. The van der Waals surface area contributed by atoms with Crippen molar-refractivity contribution in [3.05, 3.63) is 65.5 Å². The van der Waals surface area contributed by atoms with Gasteiger partial charge in [0.1, 0.15) is 5.82 Å². The lowest BCUT2D eigenvalue weighted by molar-refractivity contribution is -0.137. The Labute approximate surface area is 159 Å². The minimum atomic E-state index is -4.58. The summed E-state index contributed by atoms with van der Waals surface area (Å²) in [5.74, 6) is -1.99. The molecule has 0 radical (unpaired) electrons. The van der Waals surface area contributed by atoms with Gasteiger partial charge in [-0.05, 0) is 49.2 Å². The fourth-order valence-corrected chi connectivity index (χ4v) is 3.22. The van der Waals surface area contributed by atoms with Gasteiger partial charge in [0, 0.05) is 18.7 Å². The highest BCUT2D eigenvalue weighted by atomic mass is 19.4. The highest BCUT2D eigenvalue weighted by Crippen LogP contribution is 2.35.